The Labute approximate surface area is 154 Å². The fourth-order valence-corrected chi connectivity index (χ4v) is 3.09. The van der Waals surface area contributed by atoms with Crippen molar-refractivity contribution in [2.45, 2.75) is 70.9 Å². The van der Waals surface area contributed by atoms with Gasteiger partial charge in [0, 0.05) is 11.0 Å². The standard InChI is InChI=1S/C20H28N2O2S/c1-12(2)14-8-9-15(16(10-14)13(3)4)17(23)11-25-19-22-21-18(24-19)20(5,6)7/h8-10,12-13H,11H2,1-7H3. The zero-order valence-corrected chi connectivity index (χ0v) is 17.0. The smallest absolute Gasteiger partial charge is 0.277 e. The normalized spacial score (nSPS) is 12.2. The van der Waals surface area contributed by atoms with Crippen LogP contribution >= 0.6 is 11.8 Å². The number of Topliss-reactive ketones (excluding diaryl/α,β-unsaturated/α-hetero) is 1. The Morgan fingerprint density at radius 1 is 1.12 bits per heavy atom. The second-order valence-corrected chi connectivity index (χ2v) is 8.92. The van der Waals surface area contributed by atoms with Crippen molar-refractivity contribution < 1.29 is 9.21 Å². The monoisotopic (exact) mass is 360 g/mol. The van der Waals surface area contributed by atoms with Crippen LogP contribution in [0.25, 0.3) is 0 Å². The number of aromatic nitrogens is 2. The van der Waals surface area contributed by atoms with Gasteiger partial charge in [-0.15, -0.1) is 10.2 Å². The van der Waals surface area contributed by atoms with Crippen LogP contribution in [0.5, 0.6) is 0 Å². The van der Waals surface area contributed by atoms with Crippen molar-refractivity contribution in [3.8, 4) is 0 Å². The van der Waals surface area contributed by atoms with Gasteiger partial charge >= 0.3 is 0 Å². The van der Waals surface area contributed by atoms with E-state index in [1.807, 2.05) is 26.8 Å². The quantitative estimate of drug-likeness (QED) is 0.496. The molecule has 1 aromatic carbocycles. The van der Waals surface area contributed by atoms with Gasteiger partial charge in [-0.3, -0.25) is 4.79 Å². The second kappa shape index (κ2) is 7.73. The van der Waals surface area contributed by atoms with Gasteiger partial charge in [0.2, 0.25) is 5.89 Å². The van der Waals surface area contributed by atoms with E-state index in [0.29, 0.717) is 28.7 Å². The van der Waals surface area contributed by atoms with Crippen molar-refractivity contribution in [1.29, 1.82) is 0 Å². The molecule has 0 atom stereocenters. The summed E-state index contributed by atoms with van der Waals surface area (Å²) < 4.78 is 5.65. The van der Waals surface area contributed by atoms with Crippen molar-refractivity contribution in [1.82, 2.24) is 10.2 Å². The van der Waals surface area contributed by atoms with E-state index in [1.165, 1.54) is 17.3 Å². The zero-order valence-electron chi connectivity index (χ0n) is 16.2. The molecule has 136 valence electrons. The minimum absolute atomic E-state index is 0.0968. The Kier molecular flexibility index (Phi) is 6.09. The number of carbonyl (C=O) groups is 1. The lowest BCUT2D eigenvalue weighted by atomic mass is 9.90. The number of benzene rings is 1. The molecule has 1 aromatic heterocycles. The number of hydrogen-bond donors (Lipinski definition) is 0. The highest BCUT2D eigenvalue weighted by molar-refractivity contribution is 7.99. The van der Waals surface area contributed by atoms with Crippen molar-refractivity contribution in [3.63, 3.8) is 0 Å². The molecule has 5 heteroatoms. The highest BCUT2D eigenvalue weighted by Crippen LogP contribution is 2.28. The summed E-state index contributed by atoms with van der Waals surface area (Å²) in [6.45, 7) is 14.6. The maximum atomic E-state index is 12.7. The lowest BCUT2D eigenvalue weighted by molar-refractivity contribution is 0.102. The predicted molar refractivity (Wildman–Crippen MR) is 103 cm³/mol. The van der Waals surface area contributed by atoms with Gasteiger partial charge in [0.15, 0.2) is 5.78 Å². The number of hydrogen-bond acceptors (Lipinski definition) is 5. The maximum absolute atomic E-state index is 12.7. The van der Waals surface area contributed by atoms with Crippen LogP contribution in [0.4, 0.5) is 0 Å². The van der Waals surface area contributed by atoms with Crippen molar-refractivity contribution in [3.05, 3.63) is 40.8 Å². The molecule has 0 spiro atoms. The molecular formula is C20H28N2O2S. The number of rotatable bonds is 6. The van der Waals surface area contributed by atoms with Crippen LogP contribution in [0.3, 0.4) is 0 Å². The summed E-state index contributed by atoms with van der Waals surface area (Å²) in [6.07, 6.45) is 0. The van der Waals surface area contributed by atoms with E-state index in [1.54, 1.807) is 0 Å². The average molecular weight is 361 g/mol. The van der Waals surface area contributed by atoms with Gasteiger partial charge in [-0.2, -0.15) is 0 Å². The maximum Gasteiger partial charge on any atom is 0.277 e. The highest BCUT2D eigenvalue weighted by Gasteiger charge is 2.22. The van der Waals surface area contributed by atoms with Crippen molar-refractivity contribution >= 4 is 17.5 Å². The predicted octanol–water partition coefficient (Wildman–Crippen LogP) is 5.59. The molecule has 0 aliphatic heterocycles. The lowest BCUT2D eigenvalue weighted by Crippen LogP contribution is -2.11. The molecular weight excluding hydrogens is 332 g/mol. The molecule has 0 N–H and O–H groups in total. The van der Waals surface area contributed by atoms with E-state index >= 15 is 0 Å². The first kappa shape index (κ1) is 19.7. The molecule has 0 saturated heterocycles. The molecule has 2 rings (SSSR count). The first-order valence-electron chi connectivity index (χ1n) is 8.73. The summed E-state index contributed by atoms with van der Waals surface area (Å²) in [6, 6.07) is 6.18. The molecule has 2 aromatic rings. The van der Waals surface area contributed by atoms with Crippen LogP contribution in [0.1, 0.15) is 87.7 Å². The SMILES string of the molecule is CC(C)c1ccc(C(=O)CSc2nnc(C(C)(C)C)o2)c(C(C)C)c1. The van der Waals surface area contributed by atoms with Gasteiger partial charge < -0.3 is 4.42 Å². The molecule has 0 saturated carbocycles. The third-order valence-corrected chi connectivity index (χ3v) is 4.86. The number of carbonyl (C=O) groups excluding carboxylic acids is 1. The molecule has 0 aliphatic carbocycles. The van der Waals surface area contributed by atoms with Crippen LogP contribution in [-0.4, -0.2) is 21.7 Å². The minimum atomic E-state index is -0.187. The first-order valence-corrected chi connectivity index (χ1v) is 9.72. The average Bonchev–Trinajstić information content (AvgIpc) is 3.01. The largest absolute Gasteiger partial charge is 0.415 e. The van der Waals surface area contributed by atoms with E-state index in [2.05, 4.69) is 50.0 Å². The Bertz CT molecular complexity index is 742. The van der Waals surface area contributed by atoms with Gasteiger partial charge in [-0.25, -0.2) is 0 Å². The molecule has 0 amide bonds. The van der Waals surface area contributed by atoms with Crippen LogP contribution < -0.4 is 0 Å². The third kappa shape index (κ3) is 4.94. The Morgan fingerprint density at radius 2 is 1.80 bits per heavy atom. The summed E-state index contributed by atoms with van der Waals surface area (Å²) in [5.41, 5.74) is 2.98. The molecule has 0 aliphatic rings. The van der Waals surface area contributed by atoms with Gasteiger partial charge in [-0.05, 0) is 23.0 Å². The summed E-state index contributed by atoms with van der Waals surface area (Å²) >= 11 is 1.30. The third-order valence-electron chi connectivity index (χ3n) is 4.04. The Morgan fingerprint density at radius 3 is 2.32 bits per heavy atom. The van der Waals surface area contributed by atoms with Crippen molar-refractivity contribution in [2.24, 2.45) is 0 Å². The number of thioether (sulfide) groups is 1. The van der Waals surface area contributed by atoms with E-state index in [0.717, 1.165) is 11.1 Å². The van der Waals surface area contributed by atoms with Gasteiger partial charge in [0.25, 0.3) is 5.22 Å². The van der Waals surface area contributed by atoms with E-state index in [-0.39, 0.29) is 11.2 Å². The van der Waals surface area contributed by atoms with Crippen LogP contribution in [0.2, 0.25) is 0 Å². The summed E-state index contributed by atoms with van der Waals surface area (Å²) in [7, 11) is 0. The van der Waals surface area contributed by atoms with Gasteiger partial charge in [0.05, 0.1) is 5.75 Å². The van der Waals surface area contributed by atoms with Crippen molar-refractivity contribution in [2.75, 3.05) is 5.75 Å². The molecule has 4 nitrogen and oxygen atoms in total. The molecule has 25 heavy (non-hydrogen) atoms. The van der Waals surface area contributed by atoms with E-state index in [9.17, 15) is 4.79 Å². The summed E-state index contributed by atoms with van der Waals surface area (Å²) in [5, 5.41) is 8.55. The van der Waals surface area contributed by atoms with E-state index in [4.69, 9.17) is 4.42 Å². The minimum Gasteiger partial charge on any atom is -0.415 e. The summed E-state index contributed by atoms with van der Waals surface area (Å²) in [4.78, 5) is 12.7. The zero-order chi connectivity index (χ0) is 18.8. The molecule has 0 unspecified atom stereocenters. The fourth-order valence-electron chi connectivity index (χ4n) is 2.45. The second-order valence-electron chi connectivity index (χ2n) is 7.99. The summed E-state index contributed by atoms with van der Waals surface area (Å²) in [5.74, 6) is 1.74. The van der Waals surface area contributed by atoms with Crippen LogP contribution in [0, 0.1) is 0 Å². The molecule has 1 heterocycles. The van der Waals surface area contributed by atoms with E-state index < -0.39 is 0 Å². The topological polar surface area (TPSA) is 56.0 Å². The molecule has 0 fully saturated rings. The van der Waals surface area contributed by atoms with Gasteiger partial charge in [-0.1, -0.05) is 78.4 Å². The molecule has 0 radical (unpaired) electrons. The van der Waals surface area contributed by atoms with Crippen LogP contribution in [0.15, 0.2) is 27.8 Å². The number of nitrogens with zero attached hydrogens (tertiary/aromatic N) is 2. The molecule has 0 bridgehead atoms. The fraction of sp³-hybridized carbons (Fsp3) is 0.550. The Hall–Kier alpha value is -1.62. The lowest BCUT2D eigenvalue weighted by Gasteiger charge is -2.15. The van der Waals surface area contributed by atoms with Crippen LogP contribution in [-0.2, 0) is 5.41 Å². The Balaban J connectivity index is 2.14. The van der Waals surface area contributed by atoms with Gasteiger partial charge in [0.1, 0.15) is 0 Å². The first-order chi connectivity index (χ1) is 11.6. The number of ketones is 1. The highest BCUT2D eigenvalue weighted by atomic mass is 32.2.